The molecule has 1 amide bonds. The molecule has 0 saturated carbocycles. The number of piperidine rings is 1. The lowest BCUT2D eigenvalue weighted by Crippen LogP contribution is -2.49. The van der Waals surface area contributed by atoms with Gasteiger partial charge >= 0.3 is 6.09 Å². The highest BCUT2D eigenvalue weighted by molar-refractivity contribution is 5.68. The Kier molecular flexibility index (Phi) is 5.06. The Hall–Kier alpha value is -1.62. The number of likely N-dealkylation sites (N-methyl/N-ethyl adjacent to an activating group) is 1. The Morgan fingerprint density at radius 3 is 2.50 bits per heavy atom. The van der Waals surface area contributed by atoms with Crippen molar-refractivity contribution in [2.45, 2.75) is 44.8 Å². The van der Waals surface area contributed by atoms with Crippen LogP contribution < -0.4 is 5.32 Å². The van der Waals surface area contributed by atoms with Crippen molar-refractivity contribution in [2.75, 3.05) is 20.1 Å². The van der Waals surface area contributed by atoms with Gasteiger partial charge in [-0.3, -0.25) is 0 Å². The molecule has 1 aliphatic heterocycles. The van der Waals surface area contributed by atoms with Crippen LogP contribution in [0.15, 0.2) is 24.3 Å². The Labute approximate surface area is 131 Å². The maximum Gasteiger partial charge on any atom is 0.407 e. The summed E-state index contributed by atoms with van der Waals surface area (Å²) in [6.07, 6.45) is 0.445. The molecule has 22 heavy (non-hydrogen) atoms. The molecule has 1 aliphatic rings. The summed E-state index contributed by atoms with van der Waals surface area (Å²) in [7, 11) is 2.03. The SMILES string of the molecule is CN1CC(NC(=O)OC(C)(C)C)CC(c2ccc(F)cc2)C1. The van der Waals surface area contributed by atoms with E-state index >= 15 is 0 Å². The zero-order valence-corrected chi connectivity index (χ0v) is 13.7. The number of ether oxygens (including phenoxy) is 1. The van der Waals surface area contributed by atoms with Crippen LogP contribution in [0.1, 0.15) is 38.7 Å². The predicted molar refractivity (Wildman–Crippen MR) is 84.4 cm³/mol. The quantitative estimate of drug-likeness (QED) is 0.912. The standard InChI is InChI=1S/C17H25FN2O2/c1-17(2,3)22-16(21)19-15-9-13(10-20(4)11-15)12-5-7-14(18)8-6-12/h5-8,13,15H,9-11H2,1-4H3,(H,19,21). The average molecular weight is 308 g/mol. The second-order valence-corrected chi connectivity index (χ2v) is 7.05. The van der Waals surface area contributed by atoms with Crippen molar-refractivity contribution in [1.29, 1.82) is 0 Å². The molecule has 1 heterocycles. The smallest absolute Gasteiger partial charge is 0.407 e. The number of carbonyl (C=O) groups is 1. The highest BCUT2D eigenvalue weighted by Crippen LogP contribution is 2.26. The second kappa shape index (κ2) is 6.65. The fourth-order valence-electron chi connectivity index (χ4n) is 2.87. The van der Waals surface area contributed by atoms with Gasteiger partial charge in [0.2, 0.25) is 0 Å². The highest BCUT2D eigenvalue weighted by atomic mass is 19.1. The normalized spacial score (nSPS) is 23.1. The molecule has 1 aromatic carbocycles. The third-order valence-electron chi connectivity index (χ3n) is 3.70. The lowest BCUT2D eigenvalue weighted by Gasteiger charge is -2.36. The van der Waals surface area contributed by atoms with Crippen LogP contribution in [0.25, 0.3) is 0 Å². The summed E-state index contributed by atoms with van der Waals surface area (Å²) < 4.78 is 18.4. The van der Waals surface area contributed by atoms with Gasteiger partial charge in [-0.2, -0.15) is 0 Å². The van der Waals surface area contributed by atoms with Crippen molar-refractivity contribution in [1.82, 2.24) is 10.2 Å². The van der Waals surface area contributed by atoms with Crippen molar-refractivity contribution >= 4 is 6.09 Å². The van der Waals surface area contributed by atoms with Gasteiger partial charge in [0.05, 0.1) is 0 Å². The summed E-state index contributed by atoms with van der Waals surface area (Å²) in [6.45, 7) is 7.23. The largest absolute Gasteiger partial charge is 0.444 e. The number of hydrogen-bond acceptors (Lipinski definition) is 3. The van der Waals surface area contributed by atoms with Gasteiger partial charge in [-0.25, -0.2) is 9.18 Å². The van der Waals surface area contributed by atoms with Crippen LogP contribution in [0, 0.1) is 5.82 Å². The van der Waals surface area contributed by atoms with E-state index in [2.05, 4.69) is 10.2 Å². The van der Waals surface area contributed by atoms with Crippen molar-refractivity contribution in [3.8, 4) is 0 Å². The van der Waals surface area contributed by atoms with E-state index in [4.69, 9.17) is 4.74 Å². The van der Waals surface area contributed by atoms with Gasteiger partial charge in [0.25, 0.3) is 0 Å². The molecule has 0 aromatic heterocycles. The van der Waals surface area contributed by atoms with Gasteiger partial charge in [-0.15, -0.1) is 0 Å². The van der Waals surface area contributed by atoms with E-state index in [9.17, 15) is 9.18 Å². The van der Waals surface area contributed by atoms with E-state index in [1.54, 1.807) is 0 Å². The van der Waals surface area contributed by atoms with Gasteiger partial charge in [0.1, 0.15) is 11.4 Å². The van der Waals surface area contributed by atoms with E-state index in [-0.39, 0.29) is 23.9 Å². The third-order valence-corrected chi connectivity index (χ3v) is 3.70. The Morgan fingerprint density at radius 1 is 1.27 bits per heavy atom. The van der Waals surface area contributed by atoms with Gasteiger partial charge in [-0.1, -0.05) is 12.1 Å². The Balaban J connectivity index is 1.99. The molecule has 1 fully saturated rings. The molecule has 0 aliphatic carbocycles. The summed E-state index contributed by atoms with van der Waals surface area (Å²) >= 11 is 0. The van der Waals surface area contributed by atoms with E-state index in [1.807, 2.05) is 40.0 Å². The molecular weight excluding hydrogens is 283 g/mol. The number of carbonyl (C=O) groups excluding carboxylic acids is 1. The molecule has 0 bridgehead atoms. The van der Waals surface area contributed by atoms with E-state index in [1.165, 1.54) is 12.1 Å². The van der Waals surface area contributed by atoms with Gasteiger partial charge in [-0.05, 0) is 57.9 Å². The molecular formula is C17H25FN2O2. The summed E-state index contributed by atoms with van der Waals surface area (Å²) in [5.74, 6) is 0.0515. The van der Waals surface area contributed by atoms with Gasteiger partial charge in [0.15, 0.2) is 0 Å². The van der Waals surface area contributed by atoms with Crippen LogP contribution in [0.2, 0.25) is 0 Å². The topological polar surface area (TPSA) is 41.6 Å². The number of amides is 1. The molecule has 0 radical (unpaired) electrons. The maximum atomic E-state index is 13.1. The number of nitrogens with zero attached hydrogens (tertiary/aromatic N) is 1. The van der Waals surface area contributed by atoms with Gasteiger partial charge < -0.3 is 15.0 Å². The number of nitrogens with one attached hydrogen (secondary N) is 1. The summed E-state index contributed by atoms with van der Waals surface area (Å²) in [5.41, 5.74) is 0.602. The third kappa shape index (κ3) is 4.98. The van der Waals surface area contributed by atoms with Crippen molar-refractivity contribution in [2.24, 2.45) is 0 Å². The van der Waals surface area contributed by atoms with E-state index in [0.29, 0.717) is 0 Å². The maximum absolute atomic E-state index is 13.1. The number of halogens is 1. The minimum absolute atomic E-state index is 0.0312. The fourth-order valence-corrected chi connectivity index (χ4v) is 2.87. The first-order valence-electron chi connectivity index (χ1n) is 7.66. The van der Waals surface area contributed by atoms with Crippen molar-refractivity contribution in [3.63, 3.8) is 0 Å². The molecule has 0 spiro atoms. The number of hydrogen-bond donors (Lipinski definition) is 1. The molecule has 2 unspecified atom stereocenters. The molecule has 122 valence electrons. The minimum Gasteiger partial charge on any atom is -0.444 e. The Bertz CT molecular complexity index is 510. The Morgan fingerprint density at radius 2 is 1.91 bits per heavy atom. The van der Waals surface area contributed by atoms with Crippen LogP contribution in [0.4, 0.5) is 9.18 Å². The fraction of sp³-hybridized carbons (Fsp3) is 0.588. The van der Waals surface area contributed by atoms with Crippen LogP contribution >= 0.6 is 0 Å². The molecule has 1 aromatic rings. The molecule has 1 saturated heterocycles. The monoisotopic (exact) mass is 308 g/mol. The van der Waals surface area contributed by atoms with Crippen LogP contribution in [-0.2, 0) is 4.74 Å². The lowest BCUT2D eigenvalue weighted by molar-refractivity contribution is 0.0473. The predicted octanol–water partition coefficient (Wildman–Crippen LogP) is 3.14. The van der Waals surface area contributed by atoms with Crippen LogP contribution in [0.5, 0.6) is 0 Å². The van der Waals surface area contributed by atoms with E-state index < -0.39 is 5.60 Å². The number of likely N-dealkylation sites (tertiary alicyclic amines) is 1. The first kappa shape index (κ1) is 16.7. The van der Waals surface area contributed by atoms with Crippen molar-refractivity contribution in [3.05, 3.63) is 35.6 Å². The minimum atomic E-state index is -0.499. The number of alkyl carbamates (subject to hydrolysis) is 1. The van der Waals surface area contributed by atoms with Crippen LogP contribution in [-0.4, -0.2) is 42.8 Å². The molecule has 1 N–H and O–H groups in total. The highest BCUT2D eigenvalue weighted by Gasteiger charge is 2.28. The average Bonchev–Trinajstić information content (AvgIpc) is 2.36. The summed E-state index contributed by atoms with van der Waals surface area (Å²) in [5, 5.41) is 2.94. The summed E-state index contributed by atoms with van der Waals surface area (Å²) in [4.78, 5) is 14.1. The molecule has 2 atom stereocenters. The van der Waals surface area contributed by atoms with Crippen molar-refractivity contribution < 1.29 is 13.9 Å². The zero-order chi connectivity index (χ0) is 16.3. The summed E-state index contributed by atoms with van der Waals surface area (Å²) in [6, 6.07) is 6.65. The molecule has 5 heteroatoms. The van der Waals surface area contributed by atoms with Gasteiger partial charge in [0, 0.05) is 19.1 Å². The molecule has 2 rings (SSSR count). The van der Waals surface area contributed by atoms with E-state index in [0.717, 1.165) is 25.1 Å². The number of rotatable bonds is 2. The molecule has 4 nitrogen and oxygen atoms in total. The zero-order valence-electron chi connectivity index (χ0n) is 13.7. The van der Waals surface area contributed by atoms with Crippen LogP contribution in [0.3, 0.4) is 0 Å². The first-order valence-corrected chi connectivity index (χ1v) is 7.66. The number of benzene rings is 1. The second-order valence-electron chi connectivity index (χ2n) is 7.05. The lowest BCUT2D eigenvalue weighted by atomic mass is 9.88. The first-order chi connectivity index (χ1) is 10.2.